The molecular weight excluding hydrogens is 294 g/mol. The van der Waals surface area contributed by atoms with E-state index in [1.54, 1.807) is 0 Å². The van der Waals surface area contributed by atoms with E-state index in [0.717, 1.165) is 12.3 Å². The van der Waals surface area contributed by atoms with Crippen molar-refractivity contribution in [2.75, 3.05) is 0 Å². The second kappa shape index (κ2) is 5.48. The van der Waals surface area contributed by atoms with E-state index in [9.17, 15) is 14.9 Å². The molecule has 120 valence electrons. The van der Waals surface area contributed by atoms with E-state index in [1.807, 2.05) is 0 Å². The molecule has 0 aliphatic heterocycles. The molecule has 5 nitrogen and oxygen atoms in total. The Balaban J connectivity index is 1.48. The summed E-state index contributed by atoms with van der Waals surface area (Å²) < 4.78 is 5.72. The summed E-state index contributed by atoms with van der Waals surface area (Å²) in [5.41, 5.74) is 0.346. The second-order valence-electron chi connectivity index (χ2n) is 6.88. The van der Waals surface area contributed by atoms with Gasteiger partial charge in [0.25, 0.3) is 5.69 Å². The van der Waals surface area contributed by atoms with Crippen LogP contribution in [0.4, 0.5) is 5.69 Å². The van der Waals surface area contributed by atoms with Crippen molar-refractivity contribution < 1.29 is 14.5 Å². The first-order valence-electron chi connectivity index (χ1n) is 8.27. The van der Waals surface area contributed by atoms with Crippen molar-refractivity contribution in [1.82, 2.24) is 0 Å². The van der Waals surface area contributed by atoms with Crippen LogP contribution in [0.1, 0.15) is 36.0 Å². The Morgan fingerprint density at radius 2 is 1.83 bits per heavy atom. The molecule has 1 aromatic carbocycles. The zero-order valence-corrected chi connectivity index (χ0v) is 12.8. The van der Waals surface area contributed by atoms with E-state index in [1.165, 1.54) is 43.5 Å². The van der Waals surface area contributed by atoms with Crippen LogP contribution < -0.4 is 0 Å². The van der Waals surface area contributed by atoms with E-state index >= 15 is 0 Å². The van der Waals surface area contributed by atoms with Crippen LogP contribution in [-0.4, -0.2) is 17.0 Å². The van der Waals surface area contributed by atoms with Gasteiger partial charge in [-0.05, 0) is 61.6 Å². The summed E-state index contributed by atoms with van der Waals surface area (Å²) in [4.78, 5) is 22.5. The number of hydrogen-bond donors (Lipinski definition) is 0. The van der Waals surface area contributed by atoms with Crippen molar-refractivity contribution in [2.24, 2.45) is 23.7 Å². The average molecular weight is 313 g/mol. The average Bonchev–Trinajstić information content (AvgIpc) is 3.16. The van der Waals surface area contributed by atoms with Gasteiger partial charge in [-0.3, -0.25) is 10.1 Å². The molecule has 0 heterocycles. The molecule has 5 atom stereocenters. The van der Waals surface area contributed by atoms with Crippen LogP contribution >= 0.6 is 0 Å². The maximum absolute atomic E-state index is 12.3. The monoisotopic (exact) mass is 313 g/mol. The van der Waals surface area contributed by atoms with Gasteiger partial charge < -0.3 is 4.74 Å². The molecule has 0 saturated heterocycles. The first-order valence-corrected chi connectivity index (χ1v) is 8.27. The maximum atomic E-state index is 12.3. The Hall–Kier alpha value is -2.17. The molecule has 0 unspecified atom stereocenters. The number of benzene rings is 1. The number of nitro groups is 1. The van der Waals surface area contributed by atoms with Gasteiger partial charge in [0.05, 0.1) is 10.5 Å². The Morgan fingerprint density at radius 3 is 2.57 bits per heavy atom. The molecule has 2 saturated carbocycles. The Morgan fingerprint density at radius 1 is 1.09 bits per heavy atom. The zero-order chi connectivity index (χ0) is 16.0. The van der Waals surface area contributed by atoms with E-state index in [0.29, 0.717) is 23.3 Å². The SMILES string of the molecule is O=C(O[C@H]1C=C[C@H]2CC[C@H]3CC[C@H]1[C@@H]32)c1ccc([N+](=O)[O-])cc1. The third-order valence-electron chi connectivity index (χ3n) is 5.80. The summed E-state index contributed by atoms with van der Waals surface area (Å²) >= 11 is 0. The van der Waals surface area contributed by atoms with Gasteiger partial charge in [-0.2, -0.15) is 0 Å². The van der Waals surface area contributed by atoms with Crippen molar-refractivity contribution in [1.29, 1.82) is 0 Å². The Bertz CT molecular complexity index is 666. The molecule has 23 heavy (non-hydrogen) atoms. The van der Waals surface area contributed by atoms with Crippen molar-refractivity contribution in [2.45, 2.75) is 31.8 Å². The minimum atomic E-state index is -0.474. The molecular formula is C18H19NO4. The molecule has 3 aliphatic carbocycles. The number of carbonyl (C=O) groups excluding carboxylic acids is 1. The predicted molar refractivity (Wildman–Crippen MR) is 83.9 cm³/mol. The molecule has 0 spiro atoms. The number of nitrogens with zero attached hydrogens (tertiary/aromatic N) is 1. The van der Waals surface area contributed by atoms with Crippen LogP contribution in [0.3, 0.4) is 0 Å². The van der Waals surface area contributed by atoms with Crippen molar-refractivity contribution in [3.63, 3.8) is 0 Å². The van der Waals surface area contributed by atoms with Crippen LogP contribution in [0.5, 0.6) is 0 Å². The molecule has 0 amide bonds. The highest BCUT2D eigenvalue weighted by atomic mass is 16.6. The molecule has 4 rings (SSSR count). The lowest BCUT2D eigenvalue weighted by molar-refractivity contribution is -0.384. The molecule has 5 heteroatoms. The Labute approximate surface area is 134 Å². The fourth-order valence-electron chi connectivity index (χ4n) is 4.78. The standard InChI is InChI=1S/C18H19NO4/c20-18(13-3-7-14(8-4-13)19(21)22)23-16-10-6-12-2-1-11-5-9-15(16)17(11)12/h3-4,6-8,10-12,15-17H,1-2,5,9H2/t11-,12+,15+,16-,17-/m0/s1. The smallest absolute Gasteiger partial charge is 0.338 e. The molecule has 0 N–H and O–H groups in total. The van der Waals surface area contributed by atoms with E-state index in [-0.39, 0.29) is 11.8 Å². The second-order valence-corrected chi connectivity index (χ2v) is 6.88. The number of esters is 1. The summed E-state index contributed by atoms with van der Waals surface area (Å²) in [5, 5.41) is 10.7. The highest BCUT2D eigenvalue weighted by Gasteiger charge is 2.49. The van der Waals surface area contributed by atoms with E-state index in [4.69, 9.17) is 4.74 Å². The minimum absolute atomic E-state index is 0.0217. The number of hydrogen-bond acceptors (Lipinski definition) is 4. The van der Waals surface area contributed by atoms with Gasteiger partial charge in [-0.25, -0.2) is 4.79 Å². The number of nitro benzene ring substituents is 1. The van der Waals surface area contributed by atoms with Gasteiger partial charge in [0, 0.05) is 18.1 Å². The molecule has 1 aromatic rings. The highest BCUT2D eigenvalue weighted by molar-refractivity contribution is 5.89. The van der Waals surface area contributed by atoms with Crippen molar-refractivity contribution in [3.05, 3.63) is 52.1 Å². The minimum Gasteiger partial charge on any atom is -0.454 e. The van der Waals surface area contributed by atoms with E-state index < -0.39 is 10.9 Å². The number of non-ortho nitro benzene ring substituents is 1. The summed E-state index contributed by atoms with van der Waals surface area (Å²) in [6, 6.07) is 5.60. The lowest BCUT2D eigenvalue weighted by Gasteiger charge is -2.33. The number of ether oxygens (including phenoxy) is 1. The van der Waals surface area contributed by atoms with Crippen molar-refractivity contribution >= 4 is 11.7 Å². The largest absolute Gasteiger partial charge is 0.454 e. The van der Waals surface area contributed by atoms with Crippen LogP contribution in [0, 0.1) is 33.8 Å². The quantitative estimate of drug-likeness (QED) is 0.369. The molecule has 2 fully saturated rings. The highest BCUT2D eigenvalue weighted by Crippen LogP contribution is 2.54. The summed E-state index contributed by atoms with van der Waals surface area (Å²) in [5.74, 6) is 2.20. The van der Waals surface area contributed by atoms with Crippen LogP contribution in [0.25, 0.3) is 0 Å². The normalized spacial score (nSPS) is 34.2. The fourth-order valence-corrected chi connectivity index (χ4v) is 4.78. The van der Waals surface area contributed by atoms with Gasteiger partial charge in [-0.1, -0.05) is 6.08 Å². The summed E-state index contributed by atoms with van der Waals surface area (Å²) in [7, 11) is 0. The summed E-state index contributed by atoms with van der Waals surface area (Å²) in [6.07, 6.45) is 9.10. The Kier molecular flexibility index (Phi) is 3.43. The van der Waals surface area contributed by atoms with Crippen molar-refractivity contribution in [3.8, 4) is 0 Å². The molecule has 0 bridgehead atoms. The topological polar surface area (TPSA) is 69.4 Å². The van der Waals surface area contributed by atoms with E-state index in [2.05, 4.69) is 12.2 Å². The van der Waals surface area contributed by atoms with Gasteiger partial charge in [0.1, 0.15) is 6.10 Å². The van der Waals surface area contributed by atoms with Gasteiger partial charge in [-0.15, -0.1) is 0 Å². The lowest BCUT2D eigenvalue weighted by Crippen LogP contribution is -2.34. The lowest BCUT2D eigenvalue weighted by atomic mass is 9.77. The summed E-state index contributed by atoms with van der Waals surface area (Å²) in [6.45, 7) is 0. The molecule has 3 aliphatic rings. The van der Waals surface area contributed by atoms with Gasteiger partial charge in [0.2, 0.25) is 0 Å². The first kappa shape index (κ1) is 14.4. The maximum Gasteiger partial charge on any atom is 0.338 e. The molecule has 0 aromatic heterocycles. The number of carbonyl (C=O) groups is 1. The van der Waals surface area contributed by atoms with Crippen LogP contribution in [0.2, 0.25) is 0 Å². The first-order chi connectivity index (χ1) is 11.1. The fraction of sp³-hybridized carbons (Fsp3) is 0.500. The van der Waals surface area contributed by atoms with Crippen LogP contribution in [0.15, 0.2) is 36.4 Å². The van der Waals surface area contributed by atoms with Gasteiger partial charge in [0.15, 0.2) is 0 Å². The van der Waals surface area contributed by atoms with Crippen LogP contribution in [-0.2, 0) is 4.74 Å². The molecule has 0 radical (unpaired) electrons. The predicted octanol–water partition coefficient (Wildman–Crippen LogP) is 3.74. The third-order valence-corrected chi connectivity index (χ3v) is 5.80. The number of rotatable bonds is 3. The third kappa shape index (κ3) is 2.44. The van der Waals surface area contributed by atoms with Gasteiger partial charge >= 0.3 is 5.97 Å². The number of allylic oxidation sites excluding steroid dienone is 1. The zero-order valence-electron chi connectivity index (χ0n) is 12.8.